The van der Waals surface area contributed by atoms with Crippen LogP contribution in [-0.2, 0) is 6.61 Å². The smallest absolute Gasteiger partial charge is 0.132 e. The summed E-state index contributed by atoms with van der Waals surface area (Å²) in [5.41, 5.74) is 7.61. The van der Waals surface area contributed by atoms with Gasteiger partial charge in [0.05, 0.1) is 16.7 Å². The summed E-state index contributed by atoms with van der Waals surface area (Å²) in [5.74, 6) is 3.62. The SMILES string of the molecule is CC(C)c1nc2c([nH]1)-c1ccc(-c3ccc4c(c3)c3ccccc3c3nc(C(C)C)[nH]c43)cc1OC2. The van der Waals surface area contributed by atoms with Crippen molar-refractivity contribution < 1.29 is 4.74 Å². The van der Waals surface area contributed by atoms with Gasteiger partial charge in [-0.3, -0.25) is 0 Å². The molecule has 0 saturated carbocycles. The summed E-state index contributed by atoms with van der Waals surface area (Å²) >= 11 is 0. The van der Waals surface area contributed by atoms with Crippen LogP contribution >= 0.6 is 0 Å². The molecule has 4 aromatic carbocycles. The lowest BCUT2D eigenvalue weighted by Crippen LogP contribution is -2.05. The predicted molar refractivity (Wildman–Crippen MR) is 147 cm³/mol. The fourth-order valence-corrected chi connectivity index (χ4v) is 5.35. The van der Waals surface area contributed by atoms with E-state index in [9.17, 15) is 0 Å². The number of nitrogens with one attached hydrogen (secondary N) is 2. The maximum Gasteiger partial charge on any atom is 0.132 e. The number of aromatic amines is 2. The van der Waals surface area contributed by atoms with Gasteiger partial charge in [-0.05, 0) is 40.1 Å². The summed E-state index contributed by atoms with van der Waals surface area (Å²) in [4.78, 5) is 16.8. The first kappa shape index (κ1) is 21.2. The van der Waals surface area contributed by atoms with E-state index in [1.807, 2.05) is 0 Å². The van der Waals surface area contributed by atoms with Crippen molar-refractivity contribution >= 4 is 32.6 Å². The van der Waals surface area contributed by atoms with Crippen molar-refractivity contribution in [2.75, 3.05) is 0 Å². The van der Waals surface area contributed by atoms with E-state index in [0.29, 0.717) is 18.4 Å². The minimum Gasteiger partial charge on any atom is -0.486 e. The molecule has 5 nitrogen and oxygen atoms in total. The van der Waals surface area contributed by atoms with Crippen LogP contribution in [0.25, 0.3) is 55.0 Å². The number of H-pyrrole nitrogens is 2. The van der Waals surface area contributed by atoms with Crippen LogP contribution in [0, 0.1) is 0 Å². The average Bonchev–Trinajstić information content (AvgIpc) is 3.54. The molecule has 3 heterocycles. The van der Waals surface area contributed by atoms with Crippen molar-refractivity contribution in [2.45, 2.75) is 46.1 Å². The molecule has 0 fully saturated rings. The molecule has 0 radical (unpaired) electrons. The molecule has 178 valence electrons. The lowest BCUT2D eigenvalue weighted by Gasteiger charge is -2.18. The molecule has 0 bridgehead atoms. The van der Waals surface area contributed by atoms with Crippen molar-refractivity contribution in [1.29, 1.82) is 0 Å². The van der Waals surface area contributed by atoms with Crippen LogP contribution in [0.5, 0.6) is 5.75 Å². The van der Waals surface area contributed by atoms with E-state index >= 15 is 0 Å². The van der Waals surface area contributed by atoms with Gasteiger partial charge in [0.15, 0.2) is 0 Å². The third kappa shape index (κ3) is 3.08. The molecule has 36 heavy (non-hydrogen) atoms. The van der Waals surface area contributed by atoms with E-state index < -0.39 is 0 Å². The monoisotopic (exact) mass is 472 g/mol. The van der Waals surface area contributed by atoms with Gasteiger partial charge in [-0.15, -0.1) is 0 Å². The minimum absolute atomic E-state index is 0.341. The van der Waals surface area contributed by atoms with Gasteiger partial charge in [0.2, 0.25) is 0 Å². The molecule has 7 rings (SSSR count). The molecule has 0 atom stereocenters. The van der Waals surface area contributed by atoms with Crippen molar-refractivity contribution in [3.63, 3.8) is 0 Å². The fourth-order valence-electron chi connectivity index (χ4n) is 5.35. The number of fused-ring (bicyclic) bond motifs is 9. The highest BCUT2D eigenvalue weighted by molar-refractivity contribution is 6.23. The highest BCUT2D eigenvalue weighted by Gasteiger charge is 2.23. The second kappa shape index (κ2) is 7.69. The molecule has 2 N–H and O–H groups in total. The summed E-state index contributed by atoms with van der Waals surface area (Å²) < 4.78 is 6.15. The Balaban J connectivity index is 1.40. The van der Waals surface area contributed by atoms with E-state index in [0.717, 1.165) is 50.9 Å². The largest absolute Gasteiger partial charge is 0.486 e. The normalized spacial score (nSPS) is 13.1. The van der Waals surface area contributed by atoms with Gasteiger partial charge < -0.3 is 14.7 Å². The zero-order chi connectivity index (χ0) is 24.6. The summed E-state index contributed by atoms with van der Waals surface area (Å²) in [6.07, 6.45) is 0. The van der Waals surface area contributed by atoms with Crippen molar-refractivity contribution in [1.82, 2.24) is 19.9 Å². The molecular weight excluding hydrogens is 444 g/mol. The molecular formula is C31H28N4O. The molecule has 0 spiro atoms. The number of hydrogen-bond acceptors (Lipinski definition) is 3. The molecule has 0 unspecified atom stereocenters. The molecule has 0 amide bonds. The summed E-state index contributed by atoms with van der Waals surface area (Å²) in [6, 6.07) is 21.8. The number of nitrogens with zero attached hydrogens (tertiary/aromatic N) is 2. The molecule has 5 heteroatoms. The first-order valence-electron chi connectivity index (χ1n) is 12.7. The summed E-state index contributed by atoms with van der Waals surface area (Å²) in [6.45, 7) is 9.15. The average molecular weight is 473 g/mol. The Morgan fingerprint density at radius 1 is 0.722 bits per heavy atom. The van der Waals surface area contributed by atoms with Gasteiger partial charge in [0, 0.05) is 28.2 Å². The Bertz CT molecular complexity index is 1800. The van der Waals surface area contributed by atoms with Gasteiger partial charge in [-0.1, -0.05) is 70.2 Å². The van der Waals surface area contributed by atoms with E-state index in [-0.39, 0.29) is 0 Å². The van der Waals surface area contributed by atoms with E-state index in [4.69, 9.17) is 14.7 Å². The third-order valence-electron chi connectivity index (χ3n) is 7.32. The maximum absolute atomic E-state index is 6.15. The third-order valence-corrected chi connectivity index (χ3v) is 7.32. The topological polar surface area (TPSA) is 66.6 Å². The Hall–Kier alpha value is -4.12. The van der Waals surface area contributed by atoms with Crippen LogP contribution in [0.4, 0.5) is 0 Å². The standard InChI is InChI=1S/C31H28N4O/c1-16(2)30-32-25-15-36-26-14-19(10-12-23(26)27(25)33-30)18-9-11-22-24(13-18)20-7-5-6-8-21(20)28-29(22)35-31(34-28)17(3)4/h5-14,16-17H,15H2,1-4H3,(H,32,33)(H,34,35). The maximum atomic E-state index is 6.15. The quantitative estimate of drug-likeness (QED) is 0.256. The zero-order valence-corrected chi connectivity index (χ0v) is 20.9. The second-order valence-electron chi connectivity index (χ2n) is 10.4. The number of ether oxygens (including phenoxy) is 1. The highest BCUT2D eigenvalue weighted by Crippen LogP contribution is 2.41. The number of hydrogen-bond donors (Lipinski definition) is 2. The van der Waals surface area contributed by atoms with E-state index in [1.54, 1.807) is 0 Å². The Labute approximate surface area is 209 Å². The molecule has 1 aliphatic rings. The van der Waals surface area contributed by atoms with Gasteiger partial charge >= 0.3 is 0 Å². The molecule has 6 aromatic rings. The van der Waals surface area contributed by atoms with Crippen LogP contribution in [-0.4, -0.2) is 19.9 Å². The first-order chi connectivity index (χ1) is 17.5. The molecule has 0 saturated heterocycles. The number of aromatic nitrogens is 4. The fraction of sp³-hybridized carbons (Fsp3) is 0.226. The van der Waals surface area contributed by atoms with E-state index in [2.05, 4.69) is 98.3 Å². The van der Waals surface area contributed by atoms with Crippen LogP contribution in [0.15, 0.2) is 60.7 Å². The predicted octanol–water partition coefficient (Wildman–Crippen LogP) is 8.07. The van der Waals surface area contributed by atoms with Crippen molar-refractivity contribution in [2.24, 2.45) is 0 Å². The van der Waals surface area contributed by atoms with Gasteiger partial charge in [-0.2, -0.15) is 0 Å². The Morgan fingerprint density at radius 2 is 1.44 bits per heavy atom. The van der Waals surface area contributed by atoms with Crippen LogP contribution < -0.4 is 4.74 Å². The lowest BCUT2D eigenvalue weighted by molar-refractivity contribution is 0.298. The number of imidazole rings is 2. The van der Waals surface area contributed by atoms with Crippen molar-refractivity contribution in [3.8, 4) is 28.1 Å². The van der Waals surface area contributed by atoms with Gasteiger partial charge in [0.1, 0.15) is 29.7 Å². The second-order valence-corrected chi connectivity index (χ2v) is 10.4. The summed E-state index contributed by atoms with van der Waals surface area (Å²) in [7, 11) is 0. The number of rotatable bonds is 3. The Kier molecular flexibility index (Phi) is 4.53. The number of benzene rings is 4. The van der Waals surface area contributed by atoms with E-state index in [1.165, 1.54) is 27.1 Å². The first-order valence-corrected chi connectivity index (χ1v) is 12.7. The highest BCUT2D eigenvalue weighted by atomic mass is 16.5. The molecule has 1 aliphatic heterocycles. The van der Waals surface area contributed by atoms with Crippen molar-refractivity contribution in [3.05, 3.63) is 78.0 Å². The van der Waals surface area contributed by atoms with Gasteiger partial charge in [-0.25, -0.2) is 9.97 Å². The van der Waals surface area contributed by atoms with Gasteiger partial charge in [0.25, 0.3) is 0 Å². The molecule has 0 aliphatic carbocycles. The Morgan fingerprint density at radius 3 is 2.25 bits per heavy atom. The molecule has 2 aromatic heterocycles. The zero-order valence-electron chi connectivity index (χ0n) is 20.9. The van der Waals surface area contributed by atoms with Crippen LogP contribution in [0.3, 0.4) is 0 Å². The lowest BCUT2D eigenvalue weighted by atomic mass is 9.94. The van der Waals surface area contributed by atoms with Crippen LogP contribution in [0.2, 0.25) is 0 Å². The van der Waals surface area contributed by atoms with Crippen LogP contribution in [0.1, 0.15) is 56.9 Å². The minimum atomic E-state index is 0.341. The summed E-state index contributed by atoms with van der Waals surface area (Å²) in [5, 5.41) is 4.83.